The average Bonchev–Trinajstić information content (AvgIpc) is 2.42. The first-order valence-electron chi connectivity index (χ1n) is 5.42. The molecule has 0 N–H and O–H groups in total. The monoisotopic (exact) mass is 275 g/mol. The van der Waals surface area contributed by atoms with Crippen LogP contribution >= 0.6 is 11.6 Å². The number of nitrogens with zero attached hydrogens (tertiary/aromatic N) is 1. The van der Waals surface area contributed by atoms with Gasteiger partial charge in [-0.05, 0) is 17.0 Å². The number of ketones is 2. The van der Waals surface area contributed by atoms with E-state index in [2.05, 4.69) is 0 Å². The smallest absolute Gasteiger partial charge is 0.284 e. The molecule has 0 unspecified atom stereocenters. The highest BCUT2D eigenvalue weighted by Crippen LogP contribution is 2.37. The molecule has 0 amide bonds. The van der Waals surface area contributed by atoms with Crippen molar-refractivity contribution in [2.75, 3.05) is 0 Å². The van der Waals surface area contributed by atoms with Crippen LogP contribution < -0.4 is 0 Å². The van der Waals surface area contributed by atoms with Crippen LogP contribution in [-0.4, -0.2) is 21.5 Å². The van der Waals surface area contributed by atoms with Crippen molar-refractivity contribution in [1.29, 1.82) is 0 Å². The van der Waals surface area contributed by atoms with E-state index < -0.39 is 21.5 Å². The molecule has 19 heavy (non-hydrogen) atoms. The Morgan fingerprint density at radius 1 is 1.00 bits per heavy atom. The number of carbonyl (C=O) groups is 2. The molecule has 0 aliphatic heterocycles. The van der Waals surface area contributed by atoms with Crippen molar-refractivity contribution in [1.82, 2.24) is 0 Å². The highest BCUT2D eigenvalue weighted by atomic mass is 35.5. The standard InChI is InChI=1S/C13H6ClNO4/c14-13(15(18)19)11(16)8-5-1-3-7-4-2-6-9(10(7)8)12(13)17/h1-6H. The summed E-state index contributed by atoms with van der Waals surface area (Å²) in [6.07, 6.45) is 0. The molecule has 0 spiro atoms. The number of hydrogen-bond acceptors (Lipinski definition) is 4. The van der Waals surface area contributed by atoms with Crippen molar-refractivity contribution >= 4 is 33.9 Å². The molecular formula is C13H6ClNO4. The second-order valence-electron chi connectivity index (χ2n) is 4.25. The zero-order valence-electron chi connectivity index (χ0n) is 9.42. The fourth-order valence-corrected chi connectivity index (χ4v) is 2.55. The van der Waals surface area contributed by atoms with Crippen molar-refractivity contribution in [2.24, 2.45) is 0 Å². The molecule has 94 valence electrons. The third-order valence-electron chi connectivity index (χ3n) is 3.25. The van der Waals surface area contributed by atoms with E-state index >= 15 is 0 Å². The van der Waals surface area contributed by atoms with Gasteiger partial charge in [0.25, 0.3) is 11.6 Å². The summed E-state index contributed by atoms with van der Waals surface area (Å²) < 4.78 is 0. The van der Waals surface area contributed by atoms with Gasteiger partial charge >= 0.3 is 5.00 Å². The Balaban J connectivity index is 2.47. The number of halogens is 1. The maximum atomic E-state index is 12.2. The van der Waals surface area contributed by atoms with E-state index in [9.17, 15) is 19.7 Å². The third-order valence-corrected chi connectivity index (χ3v) is 3.73. The minimum Gasteiger partial charge on any atom is -0.284 e. The van der Waals surface area contributed by atoms with Gasteiger partial charge in [-0.3, -0.25) is 19.7 Å². The van der Waals surface area contributed by atoms with Crippen molar-refractivity contribution in [3.8, 4) is 0 Å². The highest BCUT2D eigenvalue weighted by Gasteiger charge is 2.60. The first-order chi connectivity index (χ1) is 8.98. The summed E-state index contributed by atoms with van der Waals surface area (Å²) in [5.41, 5.74) is 0.221. The van der Waals surface area contributed by atoms with Gasteiger partial charge in [-0.15, -0.1) is 0 Å². The quantitative estimate of drug-likeness (QED) is 0.263. The van der Waals surface area contributed by atoms with Gasteiger partial charge in [0.15, 0.2) is 0 Å². The molecule has 0 atom stereocenters. The summed E-state index contributed by atoms with van der Waals surface area (Å²) in [6, 6.07) is 9.56. The maximum absolute atomic E-state index is 12.2. The van der Waals surface area contributed by atoms with Crippen LogP contribution in [0.3, 0.4) is 0 Å². The minimum absolute atomic E-state index is 0.111. The van der Waals surface area contributed by atoms with E-state index in [4.69, 9.17) is 11.6 Å². The minimum atomic E-state index is -2.75. The maximum Gasteiger partial charge on any atom is 0.419 e. The number of carbonyl (C=O) groups excluding carboxylic acids is 2. The van der Waals surface area contributed by atoms with Crippen LogP contribution in [0.25, 0.3) is 10.8 Å². The Kier molecular flexibility index (Phi) is 2.24. The zero-order chi connectivity index (χ0) is 13.8. The predicted octanol–water partition coefficient (Wildman–Crippen LogP) is 2.43. The van der Waals surface area contributed by atoms with Gasteiger partial charge in [0, 0.05) is 16.5 Å². The molecular weight excluding hydrogens is 270 g/mol. The number of alkyl halides is 1. The fraction of sp³-hybridized carbons (Fsp3) is 0.0769. The van der Waals surface area contributed by atoms with E-state index in [0.29, 0.717) is 10.8 Å². The number of benzene rings is 2. The summed E-state index contributed by atoms with van der Waals surface area (Å²) in [6.45, 7) is 0. The molecule has 2 aromatic carbocycles. The van der Waals surface area contributed by atoms with Crippen LogP contribution in [0.1, 0.15) is 20.7 Å². The van der Waals surface area contributed by atoms with Gasteiger partial charge in [-0.1, -0.05) is 36.4 Å². The second-order valence-corrected chi connectivity index (χ2v) is 4.79. The topological polar surface area (TPSA) is 77.3 Å². The molecule has 5 nitrogen and oxygen atoms in total. The van der Waals surface area contributed by atoms with Crippen LogP contribution in [0.2, 0.25) is 0 Å². The second kappa shape index (κ2) is 3.61. The van der Waals surface area contributed by atoms with Gasteiger partial charge < -0.3 is 0 Å². The van der Waals surface area contributed by atoms with E-state index in [1.54, 1.807) is 24.3 Å². The van der Waals surface area contributed by atoms with Crippen LogP contribution in [0, 0.1) is 10.1 Å². The molecule has 0 bridgehead atoms. The van der Waals surface area contributed by atoms with Gasteiger partial charge in [-0.25, -0.2) is 0 Å². The summed E-state index contributed by atoms with van der Waals surface area (Å²) in [7, 11) is 0. The summed E-state index contributed by atoms with van der Waals surface area (Å²) in [5.74, 6) is -1.96. The molecule has 6 heteroatoms. The normalized spacial score (nSPS) is 16.7. The molecule has 0 radical (unpaired) electrons. The van der Waals surface area contributed by atoms with Gasteiger partial charge in [0.05, 0.1) is 4.92 Å². The number of rotatable bonds is 1. The van der Waals surface area contributed by atoms with Crippen molar-refractivity contribution < 1.29 is 14.5 Å². The first kappa shape index (κ1) is 11.8. The summed E-state index contributed by atoms with van der Waals surface area (Å²) >= 11 is 5.73. The van der Waals surface area contributed by atoms with E-state index in [-0.39, 0.29) is 11.1 Å². The van der Waals surface area contributed by atoms with Crippen molar-refractivity contribution in [3.63, 3.8) is 0 Å². The summed E-state index contributed by atoms with van der Waals surface area (Å²) in [4.78, 5) is 31.6. The van der Waals surface area contributed by atoms with E-state index in [1.807, 2.05) is 0 Å². The molecule has 1 aliphatic rings. The van der Waals surface area contributed by atoms with Crippen LogP contribution in [0.15, 0.2) is 36.4 Å². The van der Waals surface area contributed by atoms with E-state index in [0.717, 1.165) is 0 Å². The fourth-order valence-electron chi connectivity index (χ4n) is 2.35. The molecule has 1 aliphatic carbocycles. The van der Waals surface area contributed by atoms with Crippen LogP contribution in [0.4, 0.5) is 0 Å². The number of hydrogen-bond donors (Lipinski definition) is 0. The highest BCUT2D eigenvalue weighted by molar-refractivity contribution is 6.53. The van der Waals surface area contributed by atoms with Crippen LogP contribution in [-0.2, 0) is 0 Å². The lowest BCUT2D eigenvalue weighted by atomic mass is 9.83. The van der Waals surface area contributed by atoms with Crippen molar-refractivity contribution in [2.45, 2.75) is 5.00 Å². The number of nitro groups is 1. The molecule has 0 aromatic heterocycles. The number of Topliss-reactive ketones (excluding diaryl/α,β-unsaturated/α-hetero) is 2. The molecule has 0 saturated heterocycles. The summed E-state index contributed by atoms with van der Waals surface area (Å²) in [5, 5.41) is 12.2. The molecule has 0 heterocycles. The average molecular weight is 276 g/mol. The Labute approximate surface area is 111 Å². The Bertz CT molecular complexity index is 718. The van der Waals surface area contributed by atoms with Gasteiger partial charge in [0.1, 0.15) is 0 Å². The van der Waals surface area contributed by atoms with Gasteiger partial charge in [0.2, 0.25) is 0 Å². The van der Waals surface area contributed by atoms with Crippen LogP contribution in [0.5, 0.6) is 0 Å². The van der Waals surface area contributed by atoms with E-state index in [1.165, 1.54) is 12.1 Å². The third kappa shape index (κ3) is 1.30. The van der Waals surface area contributed by atoms with Crippen molar-refractivity contribution in [3.05, 3.63) is 57.6 Å². The first-order valence-corrected chi connectivity index (χ1v) is 5.80. The Morgan fingerprint density at radius 2 is 1.47 bits per heavy atom. The molecule has 0 saturated carbocycles. The lowest BCUT2D eigenvalue weighted by molar-refractivity contribution is -0.505. The van der Waals surface area contributed by atoms with Gasteiger partial charge in [-0.2, -0.15) is 0 Å². The zero-order valence-corrected chi connectivity index (χ0v) is 10.2. The Morgan fingerprint density at radius 3 is 1.89 bits per heavy atom. The lowest BCUT2D eigenvalue weighted by Gasteiger charge is -2.22. The largest absolute Gasteiger partial charge is 0.419 e. The predicted molar refractivity (Wildman–Crippen MR) is 68.2 cm³/mol. The molecule has 0 fully saturated rings. The Hall–Kier alpha value is -2.27. The molecule has 2 aromatic rings. The SMILES string of the molecule is O=C1c2cccc3cccc(c23)C(=O)C1(Cl)[N+](=O)[O-]. The molecule has 3 rings (SSSR count). The lowest BCUT2D eigenvalue weighted by Crippen LogP contribution is -2.50.